The molecule has 0 atom stereocenters. The number of amides is 1. The highest BCUT2D eigenvalue weighted by Gasteiger charge is 2.24. The lowest BCUT2D eigenvalue weighted by Crippen LogP contribution is -2.24. The zero-order chi connectivity index (χ0) is 19.1. The number of carbonyl (C=O) groups excluding carboxylic acids is 1. The van der Waals surface area contributed by atoms with Crippen molar-refractivity contribution in [2.45, 2.75) is 0 Å². The molecule has 1 N–H and O–H groups in total. The molecule has 0 radical (unpaired) electrons. The molecule has 0 unspecified atom stereocenters. The Morgan fingerprint density at radius 3 is 2.54 bits per heavy atom. The highest BCUT2D eigenvalue weighted by molar-refractivity contribution is 6.30. The van der Waals surface area contributed by atoms with Gasteiger partial charge in [0.2, 0.25) is 0 Å². The maximum atomic E-state index is 12.3. The van der Waals surface area contributed by atoms with Gasteiger partial charge in [-0.25, -0.2) is 0 Å². The van der Waals surface area contributed by atoms with Gasteiger partial charge in [-0.1, -0.05) is 29.5 Å². The minimum Gasteiger partial charge on any atom is -0.493 e. The summed E-state index contributed by atoms with van der Waals surface area (Å²) in [6.07, 6.45) is 0. The minimum atomic E-state index is -0.658. The van der Waals surface area contributed by atoms with Gasteiger partial charge in [-0.05, 0) is 18.2 Å². The van der Waals surface area contributed by atoms with Gasteiger partial charge in [-0.2, -0.15) is 0 Å². The molecule has 26 heavy (non-hydrogen) atoms. The highest BCUT2D eigenvalue weighted by atomic mass is 35.5. The van der Waals surface area contributed by atoms with Crippen LogP contribution in [0.15, 0.2) is 36.4 Å². The maximum absolute atomic E-state index is 12.3. The van der Waals surface area contributed by atoms with E-state index in [0.29, 0.717) is 10.6 Å². The van der Waals surface area contributed by atoms with Gasteiger partial charge < -0.3 is 14.8 Å². The lowest BCUT2D eigenvalue weighted by molar-refractivity contribution is -0.385. The summed E-state index contributed by atoms with van der Waals surface area (Å²) in [5.41, 5.74) is 0.170. The van der Waals surface area contributed by atoms with Crippen LogP contribution in [0.4, 0.5) is 5.69 Å². The molecule has 0 aliphatic rings. The molecule has 2 aromatic carbocycles. The first-order chi connectivity index (χ1) is 12.5. The number of nitro groups is 1. The lowest BCUT2D eigenvalue weighted by Gasteiger charge is -2.10. The Bertz CT molecular complexity index is 902. The van der Waals surface area contributed by atoms with Gasteiger partial charge in [0.05, 0.1) is 31.8 Å². The molecular weight excluding hydrogens is 360 g/mol. The smallest absolute Gasteiger partial charge is 0.286 e. The largest absolute Gasteiger partial charge is 0.493 e. The fourth-order valence-corrected chi connectivity index (χ4v) is 2.32. The second kappa shape index (κ2) is 8.74. The fraction of sp³-hybridized carbons (Fsp3) is 0.167. The Labute approximate surface area is 155 Å². The number of ether oxygens (including phenoxy) is 2. The second-order valence-corrected chi connectivity index (χ2v) is 5.41. The van der Waals surface area contributed by atoms with E-state index in [-0.39, 0.29) is 29.3 Å². The summed E-state index contributed by atoms with van der Waals surface area (Å²) in [5.74, 6) is 5.34. The average Bonchev–Trinajstić information content (AvgIpc) is 2.63. The molecule has 1 amide bonds. The summed E-state index contributed by atoms with van der Waals surface area (Å²) < 4.78 is 10.1. The van der Waals surface area contributed by atoms with Crippen molar-refractivity contribution in [3.63, 3.8) is 0 Å². The fourth-order valence-electron chi connectivity index (χ4n) is 2.13. The number of nitrogens with one attached hydrogen (secondary N) is 1. The molecule has 0 saturated heterocycles. The zero-order valence-corrected chi connectivity index (χ0v) is 14.8. The molecule has 0 bridgehead atoms. The molecule has 0 saturated carbocycles. The van der Waals surface area contributed by atoms with E-state index in [9.17, 15) is 14.9 Å². The zero-order valence-electron chi connectivity index (χ0n) is 14.0. The van der Waals surface area contributed by atoms with E-state index in [2.05, 4.69) is 17.2 Å². The van der Waals surface area contributed by atoms with Crippen LogP contribution in [-0.4, -0.2) is 31.6 Å². The molecule has 8 heteroatoms. The van der Waals surface area contributed by atoms with Crippen molar-refractivity contribution in [1.29, 1.82) is 0 Å². The molecule has 0 aromatic heterocycles. The van der Waals surface area contributed by atoms with E-state index < -0.39 is 10.8 Å². The third-order valence-electron chi connectivity index (χ3n) is 3.34. The molecule has 2 aromatic rings. The van der Waals surface area contributed by atoms with Crippen LogP contribution in [0.1, 0.15) is 15.9 Å². The summed E-state index contributed by atoms with van der Waals surface area (Å²) in [7, 11) is 2.73. The Balaban J connectivity index is 2.17. The van der Waals surface area contributed by atoms with E-state index >= 15 is 0 Å². The van der Waals surface area contributed by atoms with E-state index in [1.165, 1.54) is 20.3 Å². The van der Waals surface area contributed by atoms with Crippen molar-refractivity contribution in [1.82, 2.24) is 5.32 Å². The number of nitrogens with zero attached hydrogens (tertiary/aromatic N) is 1. The Morgan fingerprint density at radius 2 is 1.92 bits per heavy atom. The number of methoxy groups -OCH3 is 2. The molecule has 0 aliphatic heterocycles. The van der Waals surface area contributed by atoms with Crippen LogP contribution < -0.4 is 14.8 Å². The molecule has 0 heterocycles. The van der Waals surface area contributed by atoms with Crippen molar-refractivity contribution < 1.29 is 19.2 Å². The quantitative estimate of drug-likeness (QED) is 0.493. The van der Waals surface area contributed by atoms with Gasteiger partial charge in [0.25, 0.3) is 11.6 Å². The number of nitro benzene ring substituents is 1. The monoisotopic (exact) mass is 374 g/mol. The standard InChI is InChI=1S/C18H15ClN2O5/c1-25-16-10-14(15(21(23)24)11-17(16)26-2)18(22)20-8-4-6-12-5-3-7-13(19)9-12/h3,5,7,9-11H,8H2,1-2H3,(H,20,22). The van der Waals surface area contributed by atoms with Gasteiger partial charge in [0.1, 0.15) is 5.56 Å². The molecule has 134 valence electrons. The second-order valence-electron chi connectivity index (χ2n) is 4.98. The Morgan fingerprint density at radius 1 is 1.23 bits per heavy atom. The number of carbonyl (C=O) groups is 1. The number of benzene rings is 2. The SMILES string of the molecule is COc1cc(C(=O)NCC#Cc2cccc(Cl)c2)c([N+](=O)[O-])cc1OC. The first-order valence-electron chi connectivity index (χ1n) is 7.39. The number of rotatable bonds is 5. The summed E-state index contributed by atoms with van der Waals surface area (Å²) in [6.45, 7) is 0.0108. The van der Waals surface area contributed by atoms with Gasteiger partial charge in [0.15, 0.2) is 11.5 Å². The van der Waals surface area contributed by atoms with Gasteiger partial charge in [0, 0.05) is 16.7 Å². The normalized spacial score (nSPS) is 9.65. The van der Waals surface area contributed by atoms with Gasteiger partial charge in [-0.3, -0.25) is 14.9 Å². The van der Waals surface area contributed by atoms with Crippen molar-refractivity contribution >= 4 is 23.2 Å². The highest BCUT2D eigenvalue weighted by Crippen LogP contribution is 2.34. The van der Waals surface area contributed by atoms with Crippen molar-refractivity contribution in [2.24, 2.45) is 0 Å². The number of hydrogen-bond donors (Lipinski definition) is 1. The average molecular weight is 375 g/mol. The minimum absolute atomic E-state index is 0.0108. The Hall–Kier alpha value is -3.24. The molecule has 0 spiro atoms. The summed E-state index contributed by atoms with van der Waals surface area (Å²) in [5, 5.41) is 14.3. The summed E-state index contributed by atoms with van der Waals surface area (Å²) in [4.78, 5) is 22.9. The summed E-state index contributed by atoms with van der Waals surface area (Å²) in [6, 6.07) is 9.36. The van der Waals surface area contributed by atoms with Crippen LogP contribution in [0.3, 0.4) is 0 Å². The molecule has 0 aliphatic carbocycles. The number of halogens is 1. The molecule has 0 fully saturated rings. The molecule has 2 rings (SSSR count). The lowest BCUT2D eigenvalue weighted by atomic mass is 10.1. The van der Waals surface area contributed by atoms with Gasteiger partial charge in [-0.15, -0.1) is 0 Å². The van der Waals surface area contributed by atoms with E-state index in [0.717, 1.165) is 6.07 Å². The van der Waals surface area contributed by atoms with Gasteiger partial charge >= 0.3 is 0 Å². The molecular formula is C18H15ClN2O5. The number of hydrogen-bond acceptors (Lipinski definition) is 5. The van der Waals surface area contributed by atoms with E-state index in [1.54, 1.807) is 24.3 Å². The Kier molecular flexibility index (Phi) is 6.42. The van der Waals surface area contributed by atoms with Crippen LogP contribution in [0, 0.1) is 22.0 Å². The predicted molar refractivity (Wildman–Crippen MR) is 96.9 cm³/mol. The van der Waals surface area contributed by atoms with Crippen LogP contribution in [0.5, 0.6) is 11.5 Å². The first kappa shape index (κ1) is 19.1. The van der Waals surface area contributed by atoms with Crippen LogP contribution in [-0.2, 0) is 0 Å². The topological polar surface area (TPSA) is 90.7 Å². The predicted octanol–water partition coefficient (Wildman–Crippen LogP) is 3.05. The van der Waals surface area contributed by atoms with Crippen LogP contribution in [0.25, 0.3) is 0 Å². The first-order valence-corrected chi connectivity index (χ1v) is 7.77. The van der Waals surface area contributed by atoms with E-state index in [1.807, 2.05) is 0 Å². The maximum Gasteiger partial charge on any atom is 0.286 e. The van der Waals surface area contributed by atoms with Crippen molar-refractivity contribution in [3.8, 4) is 23.3 Å². The third kappa shape index (κ3) is 4.65. The van der Waals surface area contributed by atoms with Crippen molar-refractivity contribution in [3.05, 3.63) is 62.7 Å². The van der Waals surface area contributed by atoms with Crippen LogP contribution in [0.2, 0.25) is 5.02 Å². The molecule has 7 nitrogen and oxygen atoms in total. The van der Waals surface area contributed by atoms with Crippen LogP contribution >= 0.6 is 11.6 Å². The van der Waals surface area contributed by atoms with Crippen molar-refractivity contribution in [2.75, 3.05) is 20.8 Å². The van der Waals surface area contributed by atoms with E-state index in [4.69, 9.17) is 21.1 Å². The third-order valence-corrected chi connectivity index (χ3v) is 3.57. The summed E-state index contributed by atoms with van der Waals surface area (Å²) >= 11 is 5.87.